The number of anilines is 1. The van der Waals surface area contributed by atoms with Gasteiger partial charge in [0.05, 0.1) is 24.5 Å². The molecule has 0 aliphatic heterocycles. The zero-order chi connectivity index (χ0) is 16.3. The third-order valence-electron chi connectivity index (χ3n) is 3.03. The van der Waals surface area contributed by atoms with Gasteiger partial charge >= 0.3 is 0 Å². The lowest BCUT2D eigenvalue weighted by atomic mass is 10.2. The number of benzene rings is 2. The van der Waals surface area contributed by atoms with Crippen LogP contribution in [-0.2, 0) is 16.6 Å². The van der Waals surface area contributed by atoms with E-state index >= 15 is 0 Å². The highest BCUT2D eigenvalue weighted by Crippen LogP contribution is 2.22. The Morgan fingerprint density at radius 3 is 2.09 bits per heavy atom. The fraction of sp³-hybridized carbons (Fsp3) is 0.133. The summed E-state index contributed by atoms with van der Waals surface area (Å²) < 4.78 is 25.2. The van der Waals surface area contributed by atoms with Crippen LogP contribution in [0.15, 0.2) is 48.5 Å². The minimum atomic E-state index is -3.52. The van der Waals surface area contributed by atoms with E-state index in [1.807, 2.05) is 0 Å². The van der Waals surface area contributed by atoms with Gasteiger partial charge in [-0.3, -0.25) is 4.31 Å². The van der Waals surface area contributed by atoms with Crippen LogP contribution in [0.4, 0.5) is 5.69 Å². The van der Waals surface area contributed by atoms with Gasteiger partial charge in [-0.25, -0.2) is 8.42 Å². The van der Waals surface area contributed by atoms with Crippen molar-refractivity contribution < 1.29 is 18.3 Å². The Balaban J connectivity index is 2.34. The van der Waals surface area contributed by atoms with Crippen LogP contribution in [0.2, 0.25) is 5.02 Å². The Morgan fingerprint density at radius 1 is 1.09 bits per heavy atom. The monoisotopic (exact) mass is 338 g/mol. The average molecular weight is 339 g/mol. The second-order valence-electron chi connectivity index (χ2n) is 4.73. The van der Waals surface area contributed by atoms with Gasteiger partial charge in [-0.2, -0.15) is 0 Å². The molecular formula is C15H13ClNO4S-. The molecule has 2 aromatic carbocycles. The van der Waals surface area contributed by atoms with Gasteiger partial charge < -0.3 is 9.90 Å². The van der Waals surface area contributed by atoms with Gasteiger partial charge in [-0.1, -0.05) is 35.9 Å². The summed E-state index contributed by atoms with van der Waals surface area (Å²) >= 11 is 5.81. The highest BCUT2D eigenvalue weighted by atomic mass is 35.5. The average Bonchev–Trinajstić information content (AvgIpc) is 2.45. The predicted octanol–water partition coefficient (Wildman–Crippen LogP) is 1.67. The Bertz CT molecular complexity index is 770. The molecule has 0 bridgehead atoms. The highest BCUT2D eigenvalue weighted by molar-refractivity contribution is 7.92. The minimum absolute atomic E-state index is 0.0105. The molecule has 0 aromatic heterocycles. The van der Waals surface area contributed by atoms with Crippen LogP contribution in [0.3, 0.4) is 0 Å². The minimum Gasteiger partial charge on any atom is -0.545 e. The number of rotatable bonds is 5. The lowest BCUT2D eigenvalue weighted by Crippen LogP contribution is -2.29. The van der Waals surface area contributed by atoms with E-state index in [1.54, 1.807) is 24.3 Å². The summed E-state index contributed by atoms with van der Waals surface area (Å²) in [6, 6.07) is 12.3. The number of carbonyl (C=O) groups is 1. The molecule has 0 aliphatic rings. The lowest BCUT2D eigenvalue weighted by molar-refractivity contribution is -0.255. The lowest BCUT2D eigenvalue weighted by Gasteiger charge is -2.23. The van der Waals surface area contributed by atoms with E-state index in [1.165, 1.54) is 28.6 Å². The Hall–Kier alpha value is -2.05. The molecule has 0 saturated carbocycles. The first-order chi connectivity index (χ1) is 10.3. The zero-order valence-electron chi connectivity index (χ0n) is 11.7. The Labute approximate surface area is 133 Å². The van der Waals surface area contributed by atoms with Crippen molar-refractivity contribution in [1.29, 1.82) is 0 Å². The summed E-state index contributed by atoms with van der Waals surface area (Å²) in [5, 5.41) is 11.3. The number of carboxylic acid groups (broad SMARTS) is 1. The molecule has 22 heavy (non-hydrogen) atoms. The fourth-order valence-electron chi connectivity index (χ4n) is 1.92. The van der Waals surface area contributed by atoms with E-state index in [0.717, 1.165) is 11.8 Å². The Morgan fingerprint density at radius 2 is 1.64 bits per heavy atom. The summed E-state index contributed by atoms with van der Waals surface area (Å²) in [6.45, 7) is 0.126. The number of carbonyl (C=O) groups excluding carboxylic acids is 1. The van der Waals surface area contributed by atoms with Crippen molar-refractivity contribution in [2.75, 3.05) is 10.6 Å². The molecule has 0 heterocycles. The summed E-state index contributed by atoms with van der Waals surface area (Å²) in [7, 11) is -3.52. The predicted molar refractivity (Wildman–Crippen MR) is 83.3 cm³/mol. The van der Waals surface area contributed by atoms with Gasteiger partial charge in [0.15, 0.2) is 0 Å². The summed E-state index contributed by atoms with van der Waals surface area (Å²) in [5.41, 5.74) is 1.13. The van der Waals surface area contributed by atoms with Crippen LogP contribution in [0.5, 0.6) is 0 Å². The molecule has 0 aliphatic carbocycles. The first-order valence-electron chi connectivity index (χ1n) is 6.31. The first kappa shape index (κ1) is 16.3. The third-order valence-corrected chi connectivity index (χ3v) is 4.42. The van der Waals surface area contributed by atoms with Crippen LogP contribution in [0.25, 0.3) is 0 Å². The normalized spacial score (nSPS) is 11.2. The van der Waals surface area contributed by atoms with Crippen LogP contribution < -0.4 is 9.41 Å². The molecule has 7 heteroatoms. The summed E-state index contributed by atoms with van der Waals surface area (Å²) in [6.07, 6.45) is 1.09. The van der Waals surface area contributed by atoms with Crippen LogP contribution in [0.1, 0.15) is 15.9 Å². The quantitative estimate of drug-likeness (QED) is 0.830. The number of hydrogen-bond acceptors (Lipinski definition) is 4. The number of aromatic carboxylic acids is 1. The van der Waals surface area contributed by atoms with Crippen molar-refractivity contribution in [2.45, 2.75) is 6.54 Å². The second kappa shape index (κ2) is 6.37. The molecular weight excluding hydrogens is 326 g/mol. The Kier molecular flexibility index (Phi) is 4.73. The van der Waals surface area contributed by atoms with Crippen molar-refractivity contribution in [2.24, 2.45) is 0 Å². The van der Waals surface area contributed by atoms with Crippen LogP contribution in [-0.4, -0.2) is 20.6 Å². The van der Waals surface area contributed by atoms with Crippen molar-refractivity contribution in [3.63, 3.8) is 0 Å². The highest BCUT2D eigenvalue weighted by Gasteiger charge is 2.17. The van der Waals surface area contributed by atoms with E-state index in [4.69, 9.17) is 11.6 Å². The van der Waals surface area contributed by atoms with Crippen molar-refractivity contribution >= 4 is 33.3 Å². The van der Waals surface area contributed by atoms with Gasteiger partial charge in [0.2, 0.25) is 10.0 Å². The fourth-order valence-corrected chi connectivity index (χ4v) is 2.93. The maximum atomic E-state index is 12.0. The maximum Gasteiger partial charge on any atom is 0.232 e. The molecule has 0 saturated heterocycles. The first-order valence-corrected chi connectivity index (χ1v) is 8.53. The molecule has 0 unspecified atom stereocenters. The molecule has 0 atom stereocenters. The standard InChI is InChI=1S/C15H14ClNO4S/c1-22(20,21)17(10-11-2-6-13(16)7-3-11)14-8-4-12(5-9-14)15(18)19/h2-9H,10H2,1H3,(H,18,19)/p-1. The molecule has 0 fully saturated rings. The molecule has 0 N–H and O–H groups in total. The van der Waals surface area contributed by atoms with Gasteiger partial charge in [-0.05, 0) is 35.4 Å². The summed E-state index contributed by atoms with van der Waals surface area (Å²) in [4.78, 5) is 10.7. The van der Waals surface area contributed by atoms with Crippen molar-refractivity contribution in [1.82, 2.24) is 0 Å². The van der Waals surface area contributed by atoms with Gasteiger partial charge in [0, 0.05) is 5.02 Å². The van der Waals surface area contributed by atoms with Gasteiger partial charge in [0.1, 0.15) is 0 Å². The molecule has 2 rings (SSSR count). The zero-order valence-corrected chi connectivity index (χ0v) is 13.3. The number of carboxylic acids is 1. The molecule has 0 spiro atoms. The molecule has 2 aromatic rings. The molecule has 0 amide bonds. The molecule has 116 valence electrons. The van der Waals surface area contributed by atoms with E-state index < -0.39 is 16.0 Å². The van der Waals surface area contributed by atoms with E-state index in [-0.39, 0.29) is 12.1 Å². The van der Waals surface area contributed by atoms with Gasteiger partial charge in [0.25, 0.3) is 0 Å². The third kappa shape index (κ3) is 3.99. The van der Waals surface area contributed by atoms with Gasteiger partial charge in [-0.15, -0.1) is 0 Å². The van der Waals surface area contributed by atoms with E-state index in [9.17, 15) is 18.3 Å². The van der Waals surface area contributed by atoms with Crippen molar-refractivity contribution in [3.8, 4) is 0 Å². The molecule has 0 radical (unpaired) electrons. The van der Waals surface area contributed by atoms with Crippen molar-refractivity contribution in [3.05, 3.63) is 64.7 Å². The second-order valence-corrected chi connectivity index (χ2v) is 7.07. The summed E-state index contributed by atoms with van der Waals surface area (Å²) in [5.74, 6) is -1.31. The number of hydrogen-bond donors (Lipinski definition) is 0. The van der Waals surface area contributed by atoms with E-state index in [2.05, 4.69) is 0 Å². The number of halogens is 1. The van der Waals surface area contributed by atoms with Crippen LogP contribution >= 0.6 is 11.6 Å². The number of nitrogens with zero attached hydrogens (tertiary/aromatic N) is 1. The maximum absolute atomic E-state index is 12.0. The number of sulfonamides is 1. The smallest absolute Gasteiger partial charge is 0.232 e. The topological polar surface area (TPSA) is 77.5 Å². The van der Waals surface area contributed by atoms with E-state index in [0.29, 0.717) is 10.7 Å². The molecule has 5 nitrogen and oxygen atoms in total. The van der Waals surface area contributed by atoms with Crippen LogP contribution in [0, 0.1) is 0 Å². The SMILES string of the molecule is CS(=O)(=O)N(Cc1ccc(Cl)cc1)c1ccc(C(=O)[O-])cc1. The largest absolute Gasteiger partial charge is 0.545 e.